The fourth-order valence-corrected chi connectivity index (χ4v) is 3.65. The molecule has 3 rings (SSSR count). The van der Waals surface area contributed by atoms with Crippen molar-refractivity contribution < 1.29 is 19.1 Å². The van der Waals surface area contributed by atoms with Crippen molar-refractivity contribution >= 4 is 29.3 Å². The first-order chi connectivity index (χ1) is 15.7. The molecule has 32 heavy (non-hydrogen) atoms. The summed E-state index contributed by atoms with van der Waals surface area (Å²) in [4.78, 5) is 29.8. The van der Waals surface area contributed by atoms with Crippen LogP contribution in [-0.4, -0.2) is 42.8 Å². The van der Waals surface area contributed by atoms with Crippen molar-refractivity contribution in [2.24, 2.45) is 0 Å². The number of nitrogens with one attached hydrogen (secondary N) is 2. The second kappa shape index (κ2) is 12.5. The predicted molar refractivity (Wildman–Crippen MR) is 125 cm³/mol. The lowest BCUT2D eigenvalue weighted by molar-refractivity contribution is -0.118. The molecule has 2 amide bonds. The van der Waals surface area contributed by atoms with Crippen LogP contribution in [-0.2, 0) is 16.1 Å². The van der Waals surface area contributed by atoms with Crippen molar-refractivity contribution in [2.45, 2.75) is 11.5 Å². The zero-order chi connectivity index (χ0) is 22.6. The highest BCUT2D eigenvalue weighted by molar-refractivity contribution is 8.00. The maximum atomic E-state index is 12.9. The van der Waals surface area contributed by atoms with Gasteiger partial charge in [0.05, 0.1) is 23.6 Å². The van der Waals surface area contributed by atoms with Crippen molar-refractivity contribution in [1.82, 2.24) is 10.3 Å². The van der Waals surface area contributed by atoms with Crippen molar-refractivity contribution in [3.8, 4) is 5.75 Å². The molecule has 7 nitrogen and oxygen atoms in total. The second-order valence-electron chi connectivity index (χ2n) is 6.72. The lowest BCUT2D eigenvalue weighted by atomic mass is 10.2. The number of rotatable bonds is 11. The Balaban J connectivity index is 1.59. The number of carbonyl (C=O) groups excluding carboxylic acids is 2. The van der Waals surface area contributed by atoms with Crippen molar-refractivity contribution in [3.63, 3.8) is 0 Å². The molecule has 0 aliphatic rings. The molecule has 0 unspecified atom stereocenters. The van der Waals surface area contributed by atoms with E-state index < -0.39 is 0 Å². The first kappa shape index (κ1) is 23.3. The molecule has 2 N–H and O–H groups in total. The van der Waals surface area contributed by atoms with Gasteiger partial charge in [-0.3, -0.25) is 14.6 Å². The lowest BCUT2D eigenvalue weighted by Gasteiger charge is -2.11. The van der Waals surface area contributed by atoms with Gasteiger partial charge >= 0.3 is 0 Å². The number of hydrogen-bond donors (Lipinski definition) is 2. The van der Waals surface area contributed by atoms with Crippen LogP contribution >= 0.6 is 11.8 Å². The molecule has 0 fully saturated rings. The van der Waals surface area contributed by atoms with E-state index in [4.69, 9.17) is 9.47 Å². The van der Waals surface area contributed by atoms with Gasteiger partial charge in [-0.15, -0.1) is 11.8 Å². The Morgan fingerprint density at radius 2 is 1.88 bits per heavy atom. The van der Waals surface area contributed by atoms with E-state index in [1.807, 2.05) is 42.5 Å². The highest BCUT2D eigenvalue weighted by Crippen LogP contribution is 2.24. The average molecular weight is 452 g/mol. The third-order valence-corrected chi connectivity index (χ3v) is 5.40. The first-order valence-electron chi connectivity index (χ1n) is 10.1. The topological polar surface area (TPSA) is 89.5 Å². The summed E-state index contributed by atoms with van der Waals surface area (Å²) < 4.78 is 10.7. The van der Waals surface area contributed by atoms with Gasteiger partial charge in [0, 0.05) is 36.5 Å². The van der Waals surface area contributed by atoms with E-state index in [2.05, 4.69) is 15.6 Å². The predicted octanol–water partition coefficient (Wildman–Crippen LogP) is 3.77. The van der Waals surface area contributed by atoms with E-state index in [0.29, 0.717) is 36.8 Å². The number of ether oxygens (including phenoxy) is 2. The van der Waals surface area contributed by atoms with Crippen molar-refractivity contribution in [2.75, 3.05) is 31.3 Å². The van der Waals surface area contributed by atoms with Gasteiger partial charge in [-0.05, 0) is 36.4 Å². The smallest absolute Gasteiger partial charge is 0.256 e. The highest BCUT2D eigenvalue weighted by Gasteiger charge is 2.13. The van der Waals surface area contributed by atoms with Crippen LogP contribution in [0, 0.1) is 0 Å². The van der Waals surface area contributed by atoms with Gasteiger partial charge in [0.1, 0.15) is 12.4 Å². The molecule has 0 saturated heterocycles. The highest BCUT2D eigenvalue weighted by atomic mass is 32.2. The molecule has 0 aliphatic carbocycles. The summed E-state index contributed by atoms with van der Waals surface area (Å²) in [6.45, 7) is 1.25. The van der Waals surface area contributed by atoms with Gasteiger partial charge in [-0.2, -0.15) is 0 Å². The number of pyridine rings is 1. The van der Waals surface area contributed by atoms with E-state index in [9.17, 15) is 9.59 Å². The van der Waals surface area contributed by atoms with Gasteiger partial charge < -0.3 is 20.1 Å². The van der Waals surface area contributed by atoms with Crippen LogP contribution in [0.1, 0.15) is 16.1 Å². The molecule has 2 aromatic carbocycles. The molecular formula is C24H25N3O4S. The minimum atomic E-state index is -0.255. The fourth-order valence-electron chi connectivity index (χ4n) is 2.77. The summed E-state index contributed by atoms with van der Waals surface area (Å²) in [6.07, 6.45) is 1.72. The zero-order valence-corrected chi connectivity index (χ0v) is 18.6. The Morgan fingerprint density at radius 1 is 1.03 bits per heavy atom. The van der Waals surface area contributed by atoms with Crippen LogP contribution in [0.4, 0.5) is 5.69 Å². The normalized spacial score (nSPS) is 10.4. The fraction of sp³-hybridized carbons (Fsp3) is 0.208. The lowest BCUT2D eigenvalue weighted by Crippen LogP contribution is -2.28. The maximum Gasteiger partial charge on any atom is 0.256 e. The Bertz CT molecular complexity index is 1030. The molecular weight excluding hydrogens is 426 g/mol. The van der Waals surface area contributed by atoms with Crippen molar-refractivity contribution in [3.05, 3.63) is 84.2 Å². The SMILES string of the molecule is COCCNC(=O)CSc1ccccc1C(=O)Nc1cccc(OCc2ccccn2)c1. The van der Waals surface area contributed by atoms with Crippen LogP contribution in [0.25, 0.3) is 0 Å². The second-order valence-corrected chi connectivity index (χ2v) is 7.74. The van der Waals surface area contributed by atoms with Gasteiger partial charge in [-0.1, -0.05) is 24.3 Å². The standard InChI is InChI=1S/C24H25N3O4S/c1-30-14-13-26-23(28)17-32-22-11-3-2-10-21(22)24(29)27-18-8-6-9-20(15-18)31-16-19-7-4-5-12-25-19/h2-12,15H,13-14,16-17H2,1H3,(H,26,28)(H,27,29). The van der Waals surface area contributed by atoms with Gasteiger partial charge in [-0.25, -0.2) is 0 Å². The summed E-state index contributed by atoms with van der Waals surface area (Å²) in [5.41, 5.74) is 1.94. The van der Waals surface area contributed by atoms with Crippen LogP contribution in [0.5, 0.6) is 5.75 Å². The summed E-state index contributed by atoms with van der Waals surface area (Å²) in [5.74, 6) is 0.476. The number of benzene rings is 2. The van der Waals surface area contributed by atoms with Crippen LogP contribution in [0.3, 0.4) is 0 Å². The molecule has 1 heterocycles. The molecule has 0 saturated carbocycles. The summed E-state index contributed by atoms with van der Waals surface area (Å²) >= 11 is 1.32. The van der Waals surface area contributed by atoms with E-state index in [1.54, 1.807) is 37.6 Å². The number of nitrogens with zero attached hydrogens (tertiary/aromatic N) is 1. The Kier molecular flexibility index (Phi) is 9.09. The summed E-state index contributed by atoms with van der Waals surface area (Å²) in [5, 5.41) is 5.67. The van der Waals surface area contributed by atoms with E-state index in [-0.39, 0.29) is 17.6 Å². The van der Waals surface area contributed by atoms with Crippen LogP contribution in [0.2, 0.25) is 0 Å². The summed E-state index contributed by atoms with van der Waals surface area (Å²) in [7, 11) is 1.58. The summed E-state index contributed by atoms with van der Waals surface area (Å²) in [6, 6.07) is 20.0. The molecule has 0 bridgehead atoms. The Morgan fingerprint density at radius 3 is 2.69 bits per heavy atom. The largest absolute Gasteiger partial charge is 0.487 e. The molecule has 3 aromatic rings. The Hall–Kier alpha value is -3.36. The van der Waals surface area contributed by atoms with Gasteiger partial charge in [0.2, 0.25) is 5.91 Å². The van der Waals surface area contributed by atoms with Gasteiger partial charge in [0.25, 0.3) is 5.91 Å². The quantitative estimate of drug-likeness (QED) is 0.341. The minimum Gasteiger partial charge on any atom is -0.487 e. The molecule has 0 aliphatic heterocycles. The number of amides is 2. The molecule has 8 heteroatoms. The number of methoxy groups -OCH3 is 1. The van der Waals surface area contributed by atoms with Gasteiger partial charge in [0.15, 0.2) is 0 Å². The third kappa shape index (κ3) is 7.40. The maximum absolute atomic E-state index is 12.9. The molecule has 0 atom stereocenters. The number of thioether (sulfide) groups is 1. The number of hydrogen-bond acceptors (Lipinski definition) is 6. The van der Waals surface area contributed by atoms with E-state index in [0.717, 1.165) is 10.6 Å². The average Bonchev–Trinajstić information content (AvgIpc) is 2.83. The molecule has 0 spiro atoms. The van der Waals surface area contributed by atoms with Crippen LogP contribution in [0.15, 0.2) is 77.8 Å². The van der Waals surface area contributed by atoms with E-state index in [1.165, 1.54) is 11.8 Å². The minimum absolute atomic E-state index is 0.111. The van der Waals surface area contributed by atoms with Crippen LogP contribution < -0.4 is 15.4 Å². The third-order valence-electron chi connectivity index (χ3n) is 4.32. The zero-order valence-electron chi connectivity index (χ0n) is 17.7. The first-order valence-corrected chi connectivity index (χ1v) is 11.1. The Labute approximate surface area is 191 Å². The molecule has 0 radical (unpaired) electrons. The molecule has 166 valence electrons. The number of carbonyl (C=O) groups is 2. The monoisotopic (exact) mass is 451 g/mol. The van der Waals surface area contributed by atoms with E-state index >= 15 is 0 Å². The van der Waals surface area contributed by atoms with Crippen molar-refractivity contribution in [1.29, 1.82) is 0 Å². The number of aromatic nitrogens is 1. The molecule has 1 aromatic heterocycles. The number of anilines is 1.